The van der Waals surface area contributed by atoms with E-state index in [1.165, 1.54) is 11.3 Å². The molecule has 1 aromatic heterocycles. The summed E-state index contributed by atoms with van der Waals surface area (Å²) in [5.74, 6) is 0.557. The summed E-state index contributed by atoms with van der Waals surface area (Å²) >= 11 is 1.52. The maximum Gasteiger partial charge on any atom is 0.260 e. The number of hydrogen-bond acceptors (Lipinski definition) is 4. The molecule has 0 aliphatic heterocycles. The predicted molar refractivity (Wildman–Crippen MR) is 110 cm³/mol. The third-order valence-electron chi connectivity index (χ3n) is 4.26. The summed E-state index contributed by atoms with van der Waals surface area (Å²) in [5.41, 5.74) is 2.52. The lowest BCUT2D eigenvalue weighted by atomic mass is 10.1. The van der Waals surface area contributed by atoms with E-state index < -0.39 is 0 Å². The van der Waals surface area contributed by atoms with Crippen LogP contribution in [0.25, 0.3) is 10.2 Å². The number of amides is 1. The average Bonchev–Trinajstić information content (AvgIpc) is 3.16. The third-order valence-corrected chi connectivity index (χ3v) is 5.32. The number of fused-ring (bicyclic) bond motifs is 1. The standard InChI is InChI=1S/C22H18N2O2S/c1-26-18-11-7-10-17(14-18)21(25)24(15-16-8-3-2-4-9-16)22-23-19-12-5-6-13-20(19)27-22/h2-14H,15H2,1H3. The molecule has 0 aliphatic carbocycles. The Morgan fingerprint density at radius 2 is 1.78 bits per heavy atom. The lowest BCUT2D eigenvalue weighted by Gasteiger charge is -2.20. The normalized spacial score (nSPS) is 10.7. The molecular formula is C22H18N2O2S. The van der Waals surface area contributed by atoms with Gasteiger partial charge in [0.1, 0.15) is 5.75 Å². The van der Waals surface area contributed by atoms with Gasteiger partial charge in [-0.05, 0) is 35.9 Å². The first-order valence-electron chi connectivity index (χ1n) is 8.60. The highest BCUT2D eigenvalue weighted by molar-refractivity contribution is 7.22. The molecule has 0 aliphatic rings. The van der Waals surface area contributed by atoms with Gasteiger partial charge in [-0.3, -0.25) is 9.69 Å². The fourth-order valence-electron chi connectivity index (χ4n) is 2.88. The molecule has 0 radical (unpaired) electrons. The third kappa shape index (κ3) is 3.68. The van der Waals surface area contributed by atoms with Crippen LogP contribution in [-0.4, -0.2) is 18.0 Å². The van der Waals surface area contributed by atoms with Gasteiger partial charge in [0.25, 0.3) is 5.91 Å². The molecule has 0 saturated heterocycles. The van der Waals surface area contributed by atoms with E-state index >= 15 is 0 Å². The number of anilines is 1. The second kappa shape index (κ2) is 7.60. The Labute approximate surface area is 161 Å². The van der Waals surface area contributed by atoms with Crippen molar-refractivity contribution >= 4 is 32.6 Å². The number of thiazole rings is 1. The van der Waals surface area contributed by atoms with Crippen LogP contribution in [0.2, 0.25) is 0 Å². The van der Waals surface area contributed by atoms with E-state index in [-0.39, 0.29) is 5.91 Å². The maximum absolute atomic E-state index is 13.3. The van der Waals surface area contributed by atoms with Crippen LogP contribution in [0.5, 0.6) is 5.75 Å². The molecule has 134 valence electrons. The van der Waals surface area contributed by atoms with E-state index in [1.54, 1.807) is 24.1 Å². The van der Waals surface area contributed by atoms with Crippen molar-refractivity contribution in [3.05, 3.63) is 90.0 Å². The number of rotatable bonds is 5. The molecule has 0 N–H and O–H groups in total. The molecule has 0 saturated carbocycles. The van der Waals surface area contributed by atoms with Gasteiger partial charge >= 0.3 is 0 Å². The van der Waals surface area contributed by atoms with Crippen LogP contribution in [0.1, 0.15) is 15.9 Å². The molecule has 0 bridgehead atoms. The molecule has 0 spiro atoms. The van der Waals surface area contributed by atoms with Crippen molar-refractivity contribution in [2.24, 2.45) is 0 Å². The summed E-state index contributed by atoms with van der Waals surface area (Å²) in [6, 6.07) is 25.1. The van der Waals surface area contributed by atoms with E-state index in [0.717, 1.165) is 15.8 Å². The first-order valence-corrected chi connectivity index (χ1v) is 9.41. The molecule has 0 fully saturated rings. The van der Waals surface area contributed by atoms with Gasteiger partial charge in [-0.15, -0.1) is 0 Å². The Kier molecular flexibility index (Phi) is 4.85. The van der Waals surface area contributed by atoms with Crippen LogP contribution in [0.3, 0.4) is 0 Å². The topological polar surface area (TPSA) is 42.4 Å². The van der Waals surface area contributed by atoms with Crippen LogP contribution in [0.15, 0.2) is 78.9 Å². The highest BCUT2D eigenvalue weighted by Gasteiger charge is 2.22. The number of benzene rings is 3. The van der Waals surface area contributed by atoms with Gasteiger partial charge in [0.05, 0.1) is 23.9 Å². The second-order valence-electron chi connectivity index (χ2n) is 6.07. The van der Waals surface area contributed by atoms with Crippen molar-refractivity contribution in [1.29, 1.82) is 0 Å². The number of methoxy groups -OCH3 is 1. The number of nitrogens with zero attached hydrogens (tertiary/aromatic N) is 2. The lowest BCUT2D eigenvalue weighted by Crippen LogP contribution is -2.30. The van der Waals surface area contributed by atoms with Gasteiger partial charge in [0.15, 0.2) is 5.13 Å². The minimum absolute atomic E-state index is 0.100. The Morgan fingerprint density at radius 3 is 2.56 bits per heavy atom. The number of ether oxygens (including phenoxy) is 1. The molecule has 0 unspecified atom stereocenters. The van der Waals surface area contributed by atoms with E-state index in [4.69, 9.17) is 9.72 Å². The molecule has 0 atom stereocenters. The average molecular weight is 374 g/mol. The number of aromatic nitrogens is 1. The van der Waals surface area contributed by atoms with Gasteiger partial charge in [-0.1, -0.05) is 59.9 Å². The fraction of sp³-hybridized carbons (Fsp3) is 0.0909. The Hall–Kier alpha value is -3.18. The van der Waals surface area contributed by atoms with Crippen molar-refractivity contribution < 1.29 is 9.53 Å². The number of carbonyl (C=O) groups is 1. The van der Waals surface area contributed by atoms with Crippen molar-refractivity contribution in [2.45, 2.75) is 6.54 Å². The molecule has 3 aromatic carbocycles. The van der Waals surface area contributed by atoms with Crippen molar-refractivity contribution in [2.75, 3.05) is 12.0 Å². The zero-order valence-corrected chi connectivity index (χ0v) is 15.6. The summed E-state index contributed by atoms with van der Waals surface area (Å²) < 4.78 is 6.33. The molecule has 1 heterocycles. The molecule has 27 heavy (non-hydrogen) atoms. The number of carbonyl (C=O) groups excluding carboxylic acids is 1. The Bertz CT molecular complexity index is 1040. The van der Waals surface area contributed by atoms with Gasteiger partial charge in [0.2, 0.25) is 0 Å². The Morgan fingerprint density at radius 1 is 1.00 bits per heavy atom. The summed E-state index contributed by atoms with van der Waals surface area (Å²) in [6.45, 7) is 0.455. The molecule has 1 amide bonds. The van der Waals surface area contributed by atoms with E-state index in [9.17, 15) is 4.79 Å². The van der Waals surface area contributed by atoms with Gasteiger partial charge in [-0.2, -0.15) is 0 Å². The zero-order chi connectivity index (χ0) is 18.6. The molecular weight excluding hydrogens is 356 g/mol. The predicted octanol–water partition coefficient (Wildman–Crippen LogP) is 5.15. The van der Waals surface area contributed by atoms with Gasteiger partial charge < -0.3 is 4.74 Å². The van der Waals surface area contributed by atoms with Crippen LogP contribution in [0.4, 0.5) is 5.13 Å². The quantitative estimate of drug-likeness (QED) is 0.485. The zero-order valence-electron chi connectivity index (χ0n) is 14.8. The monoisotopic (exact) mass is 374 g/mol. The molecule has 4 rings (SSSR count). The summed E-state index contributed by atoms with van der Waals surface area (Å²) in [7, 11) is 1.60. The fourth-order valence-corrected chi connectivity index (χ4v) is 3.84. The smallest absolute Gasteiger partial charge is 0.260 e. The van der Waals surface area contributed by atoms with Crippen molar-refractivity contribution in [3.8, 4) is 5.75 Å². The van der Waals surface area contributed by atoms with Crippen molar-refractivity contribution in [1.82, 2.24) is 4.98 Å². The molecule has 4 aromatic rings. The SMILES string of the molecule is COc1cccc(C(=O)N(Cc2ccccc2)c2nc3ccccc3s2)c1. The Balaban J connectivity index is 1.76. The second-order valence-corrected chi connectivity index (χ2v) is 7.08. The minimum Gasteiger partial charge on any atom is -0.497 e. The van der Waals surface area contributed by atoms with Crippen LogP contribution in [-0.2, 0) is 6.54 Å². The van der Waals surface area contributed by atoms with Crippen molar-refractivity contribution in [3.63, 3.8) is 0 Å². The number of para-hydroxylation sites is 1. The molecule has 4 nitrogen and oxygen atoms in total. The summed E-state index contributed by atoms with van der Waals surface area (Å²) in [6.07, 6.45) is 0. The van der Waals surface area contributed by atoms with E-state index in [0.29, 0.717) is 23.0 Å². The minimum atomic E-state index is -0.100. The van der Waals surface area contributed by atoms with E-state index in [2.05, 4.69) is 0 Å². The highest BCUT2D eigenvalue weighted by Crippen LogP contribution is 2.31. The summed E-state index contributed by atoms with van der Waals surface area (Å²) in [5, 5.41) is 0.688. The highest BCUT2D eigenvalue weighted by atomic mass is 32.1. The maximum atomic E-state index is 13.3. The first kappa shape index (κ1) is 17.2. The van der Waals surface area contributed by atoms with E-state index in [1.807, 2.05) is 66.7 Å². The first-order chi connectivity index (χ1) is 13.2. The largest absolute Gasteiger partial charge is 0.497 e. The number of hydrogen-bond donors (Lipinski definition) is 0. The molecule has 5 heteroatoms. The van der Waals surface area contributed by atoms with Crippen LogP contribution in [0, 0.1) is 0 Å². The van der Waals surface area contributed by atoms with Gasteiger partial charge in [-0.25, -0.2) is 4.98 Å². The van der Waals surface area contributed by atoms with Crippen LogP contribution < -0.4 is 9.64 Å². The van der Waals surface area contributed by atoms with Gasteiger partial charge in [0, 0.05) is 5.56 Å². The lowest BCUT2D eigenvalue weighted by molar-refractivity contribution is 0.0985. The summed E-state index contributed by atoms with van der Waals surface area (Å²) in [4.78, 5) is 19.8. The van der Waals surface area contributed by atoms with Crippen LogP contribution >= 0.6 is 11.3 Å².